The average molecular weight is 504 g/mol. The number of piperazine rings is 1. The fraction of sp³-hybridized carbons (Fsp3) is 0.250. The molecule has 3 aromatic carbocycles. The Morgan fingerprint density at radius 1 is 0.944 bits per heavy atom. The van der Waals surface area contributed by atoms with Crippen LogP contribution in [0.1, 0.15) is 25.3 Å². The maximum absolute atomic E-state index is 13.5. The van der Waals surface area contributed by atoms with Crippen LogP contribution in [-0.4, -0.2) is 47.1 Å². The molecule has 36 heavy (non-hydrogen) atoms. The molecule has 1 aliphatic rings. The molecular formula is C28H27ClFN5O. The van der Waals surface area contributed by atoms with Crippen molar-refractivity contribution in [2.75, 3.05) is 36.4 Å². The minimum absolute atomic E-state index is 0.113. The number of fused-ring (bicyclic) bond motifs is 1. The number of carbonyl (C=O) groups excluding carboxylic acids is 1. The van der Waals surface area contributed by atoms with Crippen LogP contribution in [0.25, 0.3) is 22.3 Å². The highest BCUT2D eigenvalue weighted by Crippen LogP contribution is 2.30. The number of nitrogens with zero attached hydrogens (tertiary/aromatic N) is 4. The molecule has 0 saturated carbocycles. The van der Waals surface area contributed by atoms with Gasteiger partial charge in [0.1, 0.15) is 11.6 Å². The number of benzene rings is 3. The van der Waals surface area contributed by atoms with Gasteiger partial charge in [-0.05, 0) is 66.1 Å². The second kappa shape index (κ2) is 10.1. The predicted molar refractivity (Wildman–Crippen MR) is 143 cm³/mol. The van der Waals surface area contributed by atoms with Crippen molar-refractivity contribution in [3.63, 3.8) is 0 Å². The average Bonchev–Trinajstić information content (AvgIpc) is 2.88. The first-order chi connectivity index (χ1) is 17.4. The van der Waals surface area contributed by atoms with E-state index in [0.29, 0.717) is 42.9 Å². The Kier molecular flexibility index (Phi) is 6.74. The van der Waals surface area contributed by atoms with Crippen LogP contribution in [0.15, 0.2) is 66.7 Å². The highest BCUT2D eigenvalue weighted by atomic mass is 35.5. The lowest BCUT2D eigenvalue weighted by Gasteiger charge is -2.36. The van der Waals surface area contributed by atoms with E-state index < -0.39 is 0 Å². The van der Waals surface area contributed by atoms with Gasteiger partial charge in [0.25, 0.3) is 0 Å². The molecule has 2 heterocycles. The summed E-state index contributed by atoms with van der Waals surface area (Å²) in [5.41, 5.74) is 3.47. The van der Waals surface area contributed by atoms with Crippen LogP contribution in [-0.2, 0) is 0 Å². The van der Waals surface area contributed by atoms with Crippen LogP contribution in [0.5, 0.6) is 0 Å². The van der Waals surface area contributed by atoms with Gasteiger partial charge in [-0.25, -0.2) is 19.2 Å². The van der Waals surface area contributed by atoms with Crippen LogP contribution in [0.3, 0.4) is 0 Å². The van der Waals surface area contributed by atoms with Crippen LogP contribution < -0.4 is 10.2 Å². The molecule has 184 valence electrons. The van der Waals surface area contributed by atoms with E-state index in [0.717, 1.165) is 28.0 Å². The summed E-state index contributed by atoms with van der Waals surface area (Å²) in [6.07, 6.45) is 0. The molecule has 0 unspecified atom stereocenters. The third-order valence-corrected chi connectivity index (χ3v) is 6.67. The fourth-order valence-corrected chi connectivity index (χ4v) is 4.50. The Bertz CT molecular complexity index is 1380. The maximum atomic E-state index is 13.5. The number of hydrogen-bond acceptors (Lipinski definition) is 4. The molecule has 1 aromatic heterocycles. The highest BCUT2D eigenvalue weighted by Gasteiger charge is 2.24. The lowest BCUT2D eigenvalue weighted by atomic mass is 10.0. The third kappa shape index (κ3) is 5.11. The van der Waals surface area contributed by atoms with Gasteiger partial charge in [0.2, 0.25) is 0 Å². The first-order valence-electron chi connectivity index (χ1n) is 12.0. The second-order valence-electron chi connectivity index (χ2n) is 9.22. The Morgan fingerprint density at radius 2 is 1.64 bits per heavy atom. The van der Waals surface area contributed by atoms with Gasteiger partial charge < -0.3 is 15.1 Å². The monoisotopic (exact) mass is 503 g/mol. The number of carbonyl (C=O) groups is 1. The molecule has 1 N–H and O–H groups in total. The van der Waals surface area contributed by atoms with E-state index in [1.807, 2.05) is 47.4 Å². The molecule has 0 radical (unpaired) electrons. The summed E-state index contributed by atoms with van der Waals surface area (Å²) in [5.74, 6) is 1.42. The number of hydrogen-bond donors (Lipinski definition) is 1. The summed E-state index contributed by atoms with van der Waals surface area (Å²) < 4.78 is 13.5. The Labute approximate surface area is 214 Å². The molecule has 1 fully saturated rings. The fourth-order valence-electron chi connectivity index (χ4n) is 4.33. The van der Waals surface area contributed by atoms with Crippen LogP contribution in [0.2, 0.25) is 5.02 Å². The zero-order chi connectivity index (χ0) is 25.2. The number of nitrogens with one attached hydrogen (secondary N) is 1. The highest BCUT2D eigenvalue weighted by molar-refractivity contribution is 6.31. The molecule has 0 bridgehead atoms. The number of anilines is 2. The summed E-state index contributed by atoms with van der Waals surface area (Å²) in [7, 11) is 0. The topological polar surface area (TPSA) is 61.4 Å². The predicted octanol–water partition coefficient (Wildman–Crippen LogP) is 6.57. The zero-order valence-electron chi connectivity index (χ0n) is 20.2. The Morgan fingerprint density at radius 3 is 2.31 bits per heavy atom. The standard InChI is InChI=1S/C28H27ClFN5O/c1-18(2)19-5-10-23(11-6-19)31-28(36)35-15-13-34(14-16-35)27-24-12-7-21(29)17-25(24)32-26(33-27)20-3-8-22(30)9-4-20/h3-12,17-18H,13-16H2,1-2H3,(H,31,36). The quantitative estimate of drug-likeness (QED) is 0.342. The van der Waals surface area contributed by atoms with Gasteiger partial charge in [-0.15, -0.1) is 0 Å². The van der Waals surface area contributed by atoms with E-state index in [9.17, 15) is 9.18 Å². The van der Waals surface area contributed by atoms with Crippen molar-refractivity contribution >= 4 is 40.0 Å². The summed E-state index contributed by atoms with van der Waals surface area (Å²) in [6.45, 7) is 6.65. The van der Waals surface area contributed by atoms with Gasteiger partial charge >= 0.3 is 6.03 Å². The van der Waals surface area contributed by atoms with Gasteiger partial charge in [-0.1, -0.05) is 37.6 Å². The van der Waals surface area contributed by atoms with Crippen molar-refractivity contribution in [2.45, 2.75) is 19.8 Å². The smallest absolute Gasteiger partial charge is 0.321 e. The summed E-state index contributed by atoms with van der Waals surface area (Å²) >= 11 is 6.25. The Balaban J connectivity index is 1.34. The van der Waals surface area contributed by atoms with Gasteiger partial charge in [0.15, 0.2) is 5.82 Å². The second-order valence-corrected chi connectivity index (χ2v) is 9.66. The van der Waals surface area contributed by atoms with Gasteiger partial charge in [0, 0.05) is 47.8 Å². The van der Waals surface area contributed by atoms with Gasteiger partial charge in [-0.2, -0.15) is 0 Å². The van der Waals surface area contributed by atoms with E-state index >= 15 is 0 Å². The van der Waals surface area contributed by atoms with Crippen LogP contribution >= 0.6 is 11.6 Å². The minimum atomic E-state index is -0.312. The summed E-state index contributed by atoms with van der Waals surface area (Å²) in [6, 6.07) is 19.5. The SMILES string of the molecule is CC(C)c1ccc(NC(=O)N2CCN(c3nc(-c4ccc(F)cc4)nc4cc(Cl)ccc34)CC2)cc1. The van der Waals surface area contributed by atoms with Crippen LogP contribution in [0.4, 0.5) is 20.7 Å². The molecule has 2 amide bonds. The van der Waals surface area contributed by atoms with Crippen molar-refractivity contribution in [1.29, 1.82) is 0 Å². The van der Waals surface area contributed by atoms with Gasteiger partial charge in [-0.3, -0.25) is 0 Å². The van der Waals surface area contributed by atoms with E-state index in [1.54, 1.807) is 12.1 Å². The zero-order valence-corrected chi connectivity index (χ0v) is 21.0. The normalized spacial score (nSPS) is 13.9. The summed E-state index contributed by atoms with van der Waals surface area (Å²) in [5, 5.41) is 4.47. The number of aromatic nitrogens is 2. The molecular weight excluding hydrogens is 477 g/mol. The largest absolute Gasteiger partial charge is 0.352 e. The van der Waals surface area contributed by atoms with E-state index in [1.165, 1.54) is 17.7 Å². The number of amides is 2. The van der Waals surface area contributed by atoms with Gasteiger partial charge in [0.05, 0.1) is 5.52 Å². The Hall–Kier alpha value is -3.71. The van der Waals surface area contributed by atoms with Crippen LogP contribution in [0, 0.1) is 5.82 Å². The lowest BCUT2D eigenvalue weighted by molar-refractivity contribution is 0.208. The van der Waals surface area contributed by atoms with E-state index in [4.69, 9.17) is 16.6 Å². The molecule has 0 aliphatic carbocycles. The molecule has 4 aromatic rings. The van der Waals surface area contributed by atoms with Crippen molar-refractivity contribution in [3.05, 3.63) is 83.1 Å². The van der Waals surface area contributed by atoms with Crippen molar-refractivity contribution in [1.82, 2.24) is 14.9 Å². The molecule has 1 aliphatic heterocycles. The van der Waals surface area contributed by atoms with Crippen molar-refractivity contribution in [3.8, 4) is 11.4 Å². The van der Waals surface area contributed by atoms with Crippen molar-refractivity contribution in [2.24, 2.45) is 0 Å². The van der Waals surface area contributed by atoms with Crippen molar-refractivity contribution < 1.29 is 9.18 Å². The molecule has 5 rings (SSSR count). The molecule has 6 nitrogen and oxygen atoms in total. The lowest BCUT2D eigenvalue weighted by Crippen LogP contribution is -2.50. The molecule has 0 spiro atoms. The third-order valence-electron chi connectivity index (χ3n) is 6.44. The molecule has 8 heteroatoms. The number of rotatable bonds is 4. The first-order valence-corrected chi connectivity index (χ1v) is 12.4. The number of halogens is 2. The number of urea groups is 1. The summed E-state index contributed by atoms with van der Waals surface area (Å²) in [4.78, 5) is 26.4. The van der Waals surface area contributed by atoms with E-state index in [-0.39, 0.29) is 11.8 Å². The molecule has 1 saturated heterocycles. The first kappa shape index (κ1) is 24.0. The van der Waals surface area contributed by atoms with E-state index in [2.05, 4.69) is 29.0 Å². The minimum Gasteiger partial charge on any atom is -0.352 e. The maximum Gasteiger partial charge on any atom is 0.321 e. The molecule has 0 atom stereocenters.